The summed E-state index contributed by atoms with van der Waals surface area (Å²) in [7, 11) is 0. The van der Waals surface area contributed by atoms with Crippen LogP contribution in [0.3, 0.4) is 0 Å². The van der Waals surface area contributed by atoms with Crippen molar-refractivity contribution in [1.29, 1.82) is 0 Å². The lowest BCUT2D eigenvalue weighted by molar-refractivity contribution is -0.179. The number of halogens is 3. The summed E-state index contributed by atoms with van der Waals surface area (Å²) in [4.78, 5) is 30.0. The van der Waals surface area contributed by atoms with Crippen LogP contribution in [0.2, 0.25) is 0 Å². The summed E-state index contributed by atoms with van der Waals surface area (Å²) in [6.07, 6.45) is 0.695. The highest BCUT2D eigenvalue weighted by molar-refractivity contribution is 5.95. The number of anilines is 1. The van der Waals surface area contributed by atoms with Gasteiger partial charge in [0.05, 0.1) is 17.2 Å². The molecule has 3 aromatic heterocycles. The topological polar surface area (TPSA) is 115 Å². The molecule has 10 nitrogen and oxygen atoms in total. The second-order valence-corrected chi connectivity index (χ2v) is 11.8. The second kappa shape index (κ2) is 9.97. The second-order valence-electron chi connectivity index (χ2n) is 11.8. The Labute approximate surface area is 235 Å². The van der Waals surface area contributed by atoms with Gasteiger partial charge in [0.2, 0.25) is 11.8 Å². The standard InChI is InChI=1S/C28H33F3N8O2/c1-16-19(15-39(36-16)26-33-7-4-8-34-26)25(40)38-13-20-21(14-38)24(20)41-23-12-18(27(2,3)32)11-22(35-23)37-9-5-17(6-10-37)28(29,30)31/h4,7-8,11-12,15,17,20-21,24H,5-6,9-10,13-14,32H2,1-3H3/t20-,21+,24-. The zero-order valence-electron chi connectivity index (χ0n) is 23.2. The van der Waals surface area contributed by atoms with Crippen LogP contribution in [0.1, 0.15) is 48.3 Å². The SMILES string of the molecule is Cc1nn(-c2ncccn2)cc1C(=O)N1C[C@@H]2[C@H](C1)[C@@H]2Oc1cc(C(C)(C)N)cc(N2CCC(C(F)(F)F)CC2)n1. The van der Waals surface area contributed by atoms with Gasteiger partial charge in [0.15, 0.2) is 0 Å². The molecule has 1 amide bonds. The van der Waals surface area contributed by atoms with Crippen LogP contribution < -0.4 is 15.4 Å². The maximum atomic E-state index is 13.3. The maximum Gasteiger partial charge on any atom is 0.391 e. The molecule has 6 rings (SSSR count). The molecule has 13 heteroatoms. The van der Waals surface area contributed by atoms with Crippen LogP contribution in [0.25, 0.3) is 5.95 Å². The first kappa shape index (κ1) is 27.4. The Morgan fingerprint density at radius 2 is 1.73 bits per heavy atom. The Balaban J connectivity index is 1.12. The van der Waals surface area contributed by atoms with Crippen molar-refractivity contribution < 1.29 is 22.7 Å². The van der Waals surface area contributed by atoms with E-state index in [1.54, 1.807) is 31.6 Å². The van der Waals surface area contributed by atoms with Gasteiger partial charge in [-0.25, -0.2) is 14.6 Å². The van der Waals surface area contributed by atoms with Gasteiger partial charge in [-0.05, 0) is 51.3 Å². The van der Waals surface area contributed by atoms with Crippen LogP contribution in [0.4, 0.5) is 19.0 Å². The van der Waals surface area contributed by atoms with Crippen molar-refractivity contribution in [3.63, 3.8) is 0 Å². The predicted octanol–water partition coefficient (Wildman–Crippen LogP) is 3.49. The normalized spacial score (nSPS) is 23.0. The van der Waals surface area contributed by atoms with Crippen LogP contribution in [-0.2, 0) is 5.54 Å². The van der Waals surface area contributed by atoms with E-state index in [-0.39, 0.29) is 49.8 Å². The molecule has 5 heterocycles. The average molecular weight is 571 g/mol. The lowest BCUT2D eigenvalue weighted by Gasteiger charge is -2.34. The van der Waals surface area contributed by atoms with Crippen molar-refractivity contribution in [2.24, 2.45) is 23.5 Å². The Morgan fingerprint density at radius 3 is 2.34 bits per heavy atom. The molecule has 2 aliphatic heterocycles. The molecule has 41 heavy (non-hydrogen) atoms. The van der Waals surface area contributed by atoms with E-state index in [1.807, 2.05) is 35.8 Å². The number of hydrogen-bond acceptors (Lipinski definition) is 8. The number of pyridine rings is 1. The molecule has 2 saturated heterocycles. The number of carbonyl (C=O) groups is 1. The van der Waals surface area contributed by atoms with Crippen LogP contribution in [0.5, 0.6) is 5.88 Å². The molecular formula is C28H33F3N8O2. The Kier molecular flexibility index (Phi) is 6.67. The quantitative estimate of drug-likeness (QED) is 0.479. The van der Waals surface area contributed by atoms with Gasteiger partial charge in [0, 0.05) is 68.2 Å². The van der Waals surface area contributed by atoms with Gasteiger partial charge in [-0.1, -0.05) is 0 Å². The summed E-state index contributed by atoms with van der Waals surface area (Å²) < 4.78 is 47.4. The predicted molar refractivity (Wildman–Crippen MR) is 144 cm³/mol. The van der Waals surface area contributed by atoms with Gasteiger partial charge in [0.1, 0.15) is 11.9 Å². The molecule has 1 aliphatic carbocycles. The Bertz CT molecular complexity index is 1420. The third-order valence-electron chi connectivity index (χ3n) is 8.36. The number of likely N-dealkylation sites (tertiary alicyclic amines) is 1. The number of aryl methyl sites for hydroxylation is 1. The van der Waals surface area contributed by atoms with E-state index in [1.165, 1.54) is 4.68 Å². The minimum Gasteiger partial charge on any atom is -0.474 e. The third-order valence-corrected chi connectivity index (χ3v) is 8.36. The van der Waals surface area contributed by atoms with Crippen molar-refractivity contribution in [1.82, 2.24) is 29.6 Å². The number of alkyl halides is 3. The fourth-order valence-corrected chi connectivity index (χ4v) is 5.83. The molecule has 3 atom stereocenters. The monoisotopic (exact) mass is 570 g/mol. The minimum absolute atomic E-state index is 0.0327. The molecule has 0 bridgehead atoms. The molecule has 0 radical (unpaired) electrons. The smallest absolute Gasteiger partial charge is 0.391 e. The molecular weight excluding hydrogens is 537 g/mol. The fraction of sp³-hybridized carbons (Fsp3) is 0.536. The average Bonchev–Trinajstić information content (AvgIpc) is 3.25. The molecule has 218 valence electrons. The summed E-state index contributed by atoms with van der Waals surface area (Å²) in [5.41, 5.74) is 7.62. The number of hydrogen-bond donors (Lipinski definition) is 1. The number of aromatic nitrogens is 5. The van der Waals surface area contributed by atoms with Crippen molar-refractivity contribution in [3.05, 3.63) is 53.6 Å². The van der Waals surface area contributed by atoms with E-state index in [9.17, 15) is 18.0 Å². The number of piperidine rings is 2. The van der Waals surface area contributed by atoms with Crippen molar-refractivity contribution in [2.45, 2.75) is 51.4 Å². The number of nitrogens with two attached hydrogens (primary N) is 1. The van der Waals surface area contributed by atoms with Crippen molar-refractivity contribution >= 4 is 11.7 Å². The Morgan fingerprint density at radius 1 is 1.07 bits per heavy atom. The highest BCUT2D eigenvalue weighted by Gasteiger charge is 2.59. The van der Waals surface area contributed by atoms with Crippen LogP contribution >= 0.6 is 0 Å². The number of nitrogens with zero attached hydrogens (tertiary/aromatic N) is 7. The van der Waals surface area contributed by atoms with Crippen molar-refractivity contribution in [2.75, 3.05) is 31.1 Å². The molecule has 0 unspecified atom stereocenters. The summed E-state index contributed by atoms with van der Waals surface area (Å²) in [5, 5.41) is 4.41. The van der Waals surface area contributed by atoms with E-state index in [2.05, 4.69) is 20.1 Å². The molecule has 3 fully saturated rings. The van der Waals surface area contributed by atoms with Gasteiger partial charge in [-0.2, -0.15) is 23.3 Å². The highest BCUT2D eigenvalue weighted by atomic mass is 19.4. The lowest BCUT2D eigenvalue weighted by atomic mass is 9.94. The fourth-order valence-electron chi connectivity index (χ4n) is 5.83. The number of amides is 1. The highest BCUT2D eigenvalue weighted by Crippen LogP contribution is 2.48. The van der Waals surface area contributed by atoms with Crippen LogP contribution in [0, 0.1) is 24.7 Å². The minimum atomic E-state index is -4.18. The van der Waals surface area contributed by atoms with Gasteiger partial charge in [0.25, 0.3) is 5.91 Å². The number of carbonyl (C=O) groups excluding carboxylic acids is 1. The van der Waals surface area contributed by atoms with Gasteiger partial charge < -0.3 is 20.3 Å². The first-order valence-electron chi connectivity index (χ1n) is 13.8. The number of rotatable bonds is 6. The molecule has 0 aromatic carbocycles. The third kappa shape index (κ3) is 5.46. The van der Waals surface area contributed by atoms with Crippen LogP contribution in [-0.4, -0.2) is 74.0 Å². The van der Waals surface area contributed by atoms with Crippen LogP contribution in [0.15, 0.2) is 36.8 Å². The zero-order valence-corrected chi connectivity index (χ0v) is 23.2. The van der Waals surface area contributed by atoms with Gasteiger partial charge >= 0.3 is 6.18 Å². The zero-order chi connectivity index (χ0) is 29.1. The molecule has 3 aliphatic rings. The molecule has 3 aromatic rings. The van der Waals surface area contributed by atoms with E-state index in [0.717, 1.165) is 5.56 Å². The van der Waals surface area contributed by atoms with E-state index in [4.69, 9.17) is 10.5 Å². The van der Waals surface area contributed by atoms with E-state index in [0.29, 0.717) is 42.0 Å². The number of fused-ring (bicyclic) bond motifs is 1. The van der Waals surface area contributed by atoms with Gasteiger partial charge in [-0.3, -0.25) is 4.79 Å². The first-order chi connectivity index (χ1) is 19.4. The summed E-state index contributed by atoms with van der Waals surface area (Å²) in [6.45, 7) is 7.17. The van der Waals surface area contributed by atoms with Gasteiger partial charge in [-0.15, -0.1) is 0 Å². The number of ether oxygens (including phenoxy) is 1. The van der Waals surface area contributed by atoms with E-state index < -0.39 is 17.6 Å². The lowest BCUT2D eigenvalue weighted by Crippen LogP contribution is -2.39. The maximum absolute atomic E-state index is 13.3. The largest absolute Gasteiger partial charge is 0.474 e. The molecule has 1 saturated carbocycles. The molecule has 2 N–H and O–H groups in total. The first-order valence-corrected chi connectivity index (χ1v) is 13.8. The summed E-state index contributed by atoms with van der Waals surface area (Å²) in [6, 6.07) is 5.37. The summed E-state index contributed by atoms with van der Waals surface area (Å²) >= 11 is 0. The van der Waals surface area contributed by atoms with E-state index >= 15 is 0 Å². The Hall–Kier alpha value is -3.74. The molecule has 0 spiro atoms. The van der Waals surface area contributed by atoms with Crippen molar-refractivity contribution in [3.8, 4) is 11.8 Å². The summed E-state index contributed by atoms with van der Waals surface area (Å²) in [5.74, 6) is 0.352.